The Kier molecular flexibility index (Phi) is 3.60. The van der Waals surface area contributed by atoms with E-state index in [1.165, 1.54) is 0 Å². The summed E-state index contributed by atoms with van der Waals surface area (Å²) in [4.78, 5) is 25.0. The zero-order valence-electron chi connectivity index (χ0n) is 10.5. The first kappa shape index (κ1) is 13.5. The van der Waals surface area contributed by atoms with Gasteiger partial charge in [0.2, 0.25) is 5.82 Å². The number of anilines is 2. The maximum absolute atomic E-state index is 11.0. The number of aromatic nitrogens is 1. The third-order valence-electron chi connectivity index (χ3n) is 2.69. The van der Waals surface area contributed by atoms with E-state index in [1.54, 1.807) is 12.1 Å². The SMILES string of the molecule is Cc1ccccc1Nc1nc(C(=O)O)ccc1[N+](=O)[O-]. The molecule has 20 heavy (non-hydrogen) atoms. The van der Waals surface area contributed by atoms with Crippen LogP contribution in [0.3, 0.4) is 0 Å². The number of hydrogen-bond donors (Lipinski definition) is 2. The second kappa shape index (κ2) is 5.35. The number of nitrogens with one attached hydrogen (secondary N) is 1. The highest BCUT2D eigenvalue weighted by molar-refractivity contribution is 5.87. The fourth-order valence-corrected chi connectivity index (χ4v) is 1.65. The molecule has 1 aromatic heterocycles. The van der Waals surface area contributed by atoms with Gasteiger partial charge in [0.15, 0.2) is 5.69 Å². The van der Waals surface area contributed by atoms with Gasteiger partial charge in [-0.25, -0.2) is 9.78 Å². The maximum atomic E-state index is 11.0. The molecule has 0 saturated heterocycles. The molecular formula is C13H11N3O4. The molecule has 2 N–H and O–H groups in total. The summed E-state index contributed by atoms with van der Waals surface area (Å²) in [5.41, 5.74) is 0.958. The van der Waals surface area contributed by atoms with E-state index in [9.17, 15) is 14.9 Å². The molecule has 0 aliphatic carbocycles. The molecule has 2 aromatic rings. The summed E-state index contributed by atoms with van der Waals surface area (Å²) in [7, 11) is 0. The highest BCUT2D eigenvalue weighted by Crippen LogP contribution is 2.27. The molecule has 0 bridgehead atoms. The maximum Gasteiger partial charge on any atom is 0.354 e. The highest BCUT2D eigenvalue weighted by Gasteiger charge is 2.18. The van der Waals surface area contributed by atoms with Crippen molar-refractivity contribution in [1.82, 2.24) is 4.98 Å². The predicted octanol–water partition coefficient (Wildman–Crippen LogP) is 2.74. The minimum absolute atomic E-state index is 0.0933. The number of aromatic carboxylic acids is 1. The zero-order chi connectivity index (χ0) is 14.7. The summed E-state index contributed by atoms with van der Waals surface area (Å²) < 4.78 is 0. The van der Waals surface area contributed by atoms with Gasteiger partial charge < -0.3 is 10.4 Å². The lowest BCUT2D eigenvalue weighted by Crippen LogP contribution is -2.06. The molecule has 0 amide bonds. The molecule has 7 nitrogen and oxygen atoms in total. The van der Waals surface area contributed by atoms with Gasteiger partial charge in [0, 0.05) is 11.8 Å². The van der Waals surface area contributed by atoms with Gasteiger partial charge in [-0.15, -0.1) is 0 Å². The van der Waals surface area contributed by atoms with Crippen molar-refractivity contribution in [3.63, 3.8) is 0 Å². The minimum atomic E-state index is -1.24. The average Bonchev–Trinajstić information content (AvgIpc) is 2.41. The van der Waals surface area contributed by atoms with Gasteiger partial charge in [-0.05, 0) is 24.6 Å². The van der Waals surface area contributed by atoms with Crippen LogP contribution in [0.2, 0.25) is 0 Å². The van der Waals surface area contributed by atoms with Crippen LogP contribution in [0.5, 0.6) is 0 Å². The second-order valence-electron chi connectivity index (χ2n) is 4.07. The minimum Gasteiger partial charge on any atom is -0.477 e. The van der Waals surface area contributed by atoms with Crippen molar-refractivity contribution >= 4 is 23.2 Å². The van der Waals surface area contributed by atoms with Gasteiger partial charge in [0.1, 0.15) is 0 Å². The predicted molar refractivity (Wildman–Crippen MR) is 72.3 cm³/mol. The average molecular weight is 273 g/mol. The Hall–Kier alpha value is -2.96. The summed E-state index contributed by atoms with van der Waals surface area (Å²) in [5, 5.41) is 22.7. The number of hydrogen-bond acceptors (Lipinski definition) is 5. The van der Waals surface area contributed by atoms with E-state index in [4.69, 9.17) is 5.11 Å². The molecule has 0 spiro atoms. The quantitative estimate of drug-likeness (QED) is 0.655. The Balaban J connectivity index is 2.48. The van der Waals surface area contributed by atoms with Crippen molar-refractivity contribution in [3.8, 4) is 0 Å². The van der Waals surface area contributed by atoms with E-state index in [0.29, 0.717) is 5.69 Å². The first-order chi connectivity index (χ1) is 9.49. The van der Waals surface area contributed by atoms with E-state index >= 15 is 0 Å². The van der Waals surface area contributed by atoms with Crippen molar-refractivity contribution in [2.24, 2.45) is 0 Å². The number of para-hydroxylation sites is 1. The summed E-state index contributed by atoms with van der Waals surface area (Å²) in [6.45, 7) is 1.83. The van der Waals surface area contributed by atoms with E-state index in [1.807, 2.05) is 19.1 Å². The fourth-order valence-electron chi connectivity index (χ4n) is 1.65. The van der Waals surface area contributed by atoms with Crippen LogP contribution in [0.15, 0.2) is 36.4 Å². The molecule has 0 atom stereocenters. The smallest absolute Gasteiger partial charge is 0.354 e. The number of nitro groups is 1. The van der Waals surface area contributed by atoms with Crippen LogP contribution in [-0.2, 0) is 0 Å². The van der Waals surface area contributed by atoms with Crippen LogP contribution in [-0.4, -0.2) is 21.0 Å². The fraction of sp³-hybridized carbons (Fsp3) is 0.0769. The molecule has 7 heteroatoms. The number of carboxylic acid groups (broad SMARTS) is 1. The van der Waals surface area contributed by atoms with Gasteiger partial charge in [-0.2, -0.15) is 0 Å². The van der Waals surface area contributed by atoms with Crippen LogP contribution < -0.4 is 5.32 Å². The zero-order valence-corrected chi connectivity index (χ0v) is 10.5. The summed E-state index contributed by atoms with van der Waals surface area (Å²) in [6, 6.07) is 9.38. The summed E-state index contributed by atoms with van der Waals surface area (Å²) in [6.07, 6.45) is 0. The van der Waals surface area contributed by atoms with Gasteiger partial charge >= 0.3 is 11.7 Å². The molecule has 0 saturated carbocycles. The molecule has 1 heterocycles. The van der Waals surface area contributed by atoms with E-state index in [-0.39, 0.29) is 17.2 Å². The lowest BCUT2D eigenvalue weighted by Gasteiger charge is -2.09. The molecular weight excluding hydrogens is 262 g/mol. The Bertz CT molecular complexity index is 685. The molecule has 2 rings (SSSR count). The molecule has 0 aliphatic rings. The first-order valence-corrected chi connectivity index (χ1v) is 5.70. The van der Waals surface area contributed by atoms with Gasteiger partial charge in [-0.3, -0.25) is 10.1 Å². The Morgan fingerprint density at radius 2 is 2.00 bits per heavy atom. The van der Waals surface area contributed by atoms with Crippen LogP contribution in [0, 0.1) is 17.0 Å². The number of rotatable bonds is 4. The number of pyridine rings is 1. The molecule has 0 fully saturated rings. The summed E-state index contributed by atoms with van der Waals surface area (Å²) >= 11 is 0. The van der Waals surface area contributed by atoms with Crippen LogP contribution in [0.1, 0.15) is 16.1 Å². The van der Waals surface area contributed by atoms with E-state index < -0.39 is 10.9 Å². The monoisotopic (exact) mass is 273 g/mol. The van der Waals surface area contributed by atoms with Crippen LogP contribution >= 0.6 is 0 Å². The number of nitrogens with zero attached hydrogens (tertiary/aromatic N) is 2. The van der Waals surface area contributed by atoms with Crippen molar-refractivity contribution in [2.45, 2.75) is 6.92 Å². The highest BCUT2D eigenvalue weighted by atomic mass is 16.6. The third kappa shape index (κ3) is 2.72. The molecule has 0 unspecified atom stereocenters. The van der Waals surface area contributed by atoms with Crippen LogP contribution in [0.4, 0.5) is 17.2 Å². The Morgan fingerprint density at radius 3 is 2.60 bits per heavy atom. The topological polar surface area (TPSA) is 105 Å². The molecule has 0 radical (unpaired) electrons. The first-order valence-electron chi connectivity index (χ1n) is 5.70. The molecule has 0 aliphatic heterocycles. The number of aryl methyl sites for hydroxylation is 1. The largest absolute Gasteiger partial charge is 0.477 e. The van der Waals surface area contributed by atoms with E-state index in [2.05, 4.69) is 10.3 Å². The van der Waals surface area contributed by atoms with Gasteiger partial charge in [0.05, 0.1) is 4.92 Å². The van der Waals surface area contributed by atoms with Crippen molar-refractivity contribution in [3.05, 3.63) is 57.8 Å². The summed E-state index contributed by atoms with van der Waals surface area (Å²) in [5.74, 6) is -1.34. The Labute approximate surface area is 114 Å². The number of carboxylic acids is 1. The van der Waals surface area contributed by atoms with Gasteiger partial charge in [-0.1, -0.05) is 18.2 Å². The van der Waals surface area contributed by atoms with Gasteiger partial charge in [0.25, 0.3) is 0 Å². The Morgan fingerprint density at radius 1 is 1.30 bits per heavy atom. The number of benzene rings is 1. The normalized spacial score (nSPS) is 10.1. The van der Waals surface area contributed by atoms with Crippen molar-refractivity contribution in [1.29, 1.82) is 0 Å². The number of carbonyl (C=O) groups is 1. The second-order valence-corrected chi connectivity index (χ2v) is 4.07. The third-order valence-corrected chi connectivity index (χ3v) is 2.69. The molecule has 1 aromatic carbocycles. The lowest BCUT2D eigenvalue weighted by molar-refractivity contribution is -0.384. The lowest BCUT2D eigenvalue weighted by atomic mass is 10.2. The standard InChI is InChI=1S/C13H11N3O4/c1-8-4-2-3-5-9(8)14-12-11(16(19)20)7-6-10(15-12)13(17)18/h2-7H,1H3,(H,14,15)(H,17,18). The van der Waals surface area contributed by atoms with Crippen LogP contribution in [0.25, 0.3) is 0 Å². The van der Waals surface area contributed by atoms with Crippen molar-refractivity contribution in [2.75, 3.05) is 5.32 Å². The van der Waals surface area contributed by atoms with E-state index in [0.717, 1.165) is 17.7 Å². The molecule has 102 valence electrons. The van der Waals surface area contributed by atoms with Crippen molar-refractivity contribution < 1.29 is 14.8 Å².